The number of nitrogens with two attached hydrogens (primary N) is 1. The molecule has 0 aromatic heterocycles. The molecule has 142 valence electrons. The number of benzene rings is 2. The van der Waals surface area contributed by atoms with Crippen LogP contribution in [-0.4, -0.2) is 26.0 Å². The lowest BCUT2D eigenvalue weighted by Crippen LogP contribution is -2.23. The van der Waals surface area contributed by atoms with Crippen LogP contribution in [0.25, 0.3) is 0 Å². The van der Waals surface area contributed by atoms with Crippen molar-refractivity contribution in [2.24, 2.45) is 10.7 Å². The smallest absolute Gasteiger partial charge is 0.497 e. The largest absolute Gasteiger partial charge is 0.573 e. The number of anilines is 1. The molecule has 0 aliphatic heterocycles. The van der Waals surface area contributed by atoms with E-state index in [0.717, 1.165) is 11.3 Å². The van der Waals surface area contributed by atoms with Gasteiger partial charge in [-0.3, -0.25) is 4.99 Å². The fourth-order valence-corrected chi connectivity index (χ4v) is 2.06. The minimum Gasteiger partial charge on any atom is -0.497 e. The Morgan fingerprint density at radius 1 is 1.12 bits per heavy atom. The van der Waals surface area contributed by atoms with Crippen molar-refractivity contribution in [1.29, 1.82) is 0 Å². The molecular formula is C17H19F3IN3O2. The fraction of sp³-hybridized carbons (Fsp3) is 0.235. The average Bonchev–Trinajstić information content (AvgIpc) is 2.55. The van der Waals surface area contributed by atoms with Crippen LogP contribution in [0.4, 0.5) is 18.9 Å². The SMILES string of the molecule is COc1cccc(CCN=C(N)Nc2ccc(OC(F)(F)F)cc2)c1.I. The molecule has 3 N–H and O–H groups in total. The molecule has 2 rings (SSSR count). The van der Waals surface area contributed by atoms with Gasteiger partial charge in [-0.15, -0.1) is 37.1 Å². The Kier molecular flexibility index (Phi) is 8.49. The van der Waals surface area contributed by atoms with E-state index >= 15 is 0 Å². The Hall–Kier alpha value is -2.17. The predicted octanol–water partition coefficient (Wildman–Crippen LogP) is 4.18. The van der Waals surface area contributed by atoms with Crippen molar-refractivity contribution in [3.8, 4) is 11.5 Å². The van der Waals surface area contributed by atoms with E-state index in [2.05, 4.69) is 15.0 Å². The lowest BCUT2D eigenvalue weighted by molar-refractivity contribution is -0.274. The number of rotatable bonds is 6. The predicted molar refractivity (Wildman–Crippen MR) is 105 cm³/mol. The van der Waals surface area contributed by atoms with Gasteiger partial charge in [0, 0.05) is 12.2 Å². The molecular weight excluding hydrogens is 462 g/mol. The number of nitrogens with one attached hydrogen (secondary N) is 1. The molecule has 0 unspecified atom stereocenters. The van der Waals surface area contributed by atoms with Crippen LogP contribution in [0.1, 0.15) is 5.56 Å². The van der Waals surface area contributed by atoms with Crippen molar-refractivity contribution in [2.45, 2.75) is 12.8 Å². The second-order valence-corrected chi connectivity index (χ2v) is 5.07. The van der Waals surface area contributed by atoms with E-state index in [1.54, 1.807) is 7.11 Å². The summed E-state index contributed by atoms with van der Waals surface area (Å²) in [6.45, 7) is 0.460. The maximum atomic E-state index is 12.1. The zero-order chi connectivity index (χ0) is 18.3. The van der Waals surface area contributed by atoms with Crippen LogP contribution in [0.15, 0.2) is 53.5 Å². The number of alkyl halides is 3. The highest BCUT2D eigenvalue weighted by atomic mass is 127. The molecule has 0 amide bonds. The van der Waals surface area contributed by atoms with Gasteiger partial charge in [-0.05, 0) is 48.4 Å². The summed E-state index contributed by atoms with van der Waals surface area (Å²) in [5, 5.41) is 2.81. The molecule has 2 aromatic carbocycles. The first kappa shape index (κ1) is 21.9. The van der Waals surface area contributed by atoms with Crippen molar-refractivity contribution in [3.05, 3.63) is 54.1 Å². The van der Waals surface area contributed by atoms with Crippen LogP contribution in [0, 0.1) is 0 Å². The average molecular weight is 481 g/mol. The molecule has 0 spiro atoms. The number of hydrogen-bond acceptors (Lipinski definition) is 3. The monoisotopic (exact) mass is 481 g/mol. The Balaban J connectivity index is 0.00000338. The lowest BCUT2D eigenvalue weighted by atomic mass is 10.1. The van der Waals surface area contributed by atoms with E-state index in [-0.39, 0.29) is 35.7 Å². The quantitative estimate of drug-likeness (QED) is 0.369. The summed E-state index contributed by atoms with van der Waals surface area (Å²) in [5.41, 5.74) is 7.34. The van der Waals surface area contributed by atoms with Crippen LogP contribution >= 0.6 is 24.0 Å². The summed E-state index contributed by atoms with van der Waals surface area (Å²) in [6, 6.07) is 12.9. The number of aliphatic imine (C=N–C) groups is 1. The molecule has 0 atom stereocenters. The molecule has 9 heteroatoms. The normalized spacial score (nSPS) is 11.5. The number of hydrogen-bond donors (Lipinski definition) is 2. The molecule has 0 bridgehead atoms. The van der Waals surface area contributed by atoms with E-state index in [9.17, 15) is 13.2 Å². The van der Waals surface area contributed by atoms with E-state index in [1.807, 2.05) is 24.3 Å². The van der Waals surface area contributed by atoms with Crippen molar-refractivity contribution in [3.63, 3.8) is 0 Å². The highest BCUT2D eigenvalue weighted by Crippen LogP contribution is 2.23. The van der Waals surface area contributed by atoms with Gasteiger partial charge in [-0.2, -0.15) is 0 Å². The first-order chi connectivity index (χ1) is 11.9. The van der Waals surface area contributed by atoms with Crippen molar-refractivity contribution in [1.82, 2.24) is 0 Å². The molecule has 0 fully saturated rings. The Bertz CT molecular complexity index is 722. The molecule has 2 aromatic rings. The summed E-state index contributed by atoms with van der Waals surface area (Å²) in [5.74, 6) is 0.646. The van der Waals surface area contributed by atoms with Crippen LogP contribution in [0.3, 0.4) is 0 Å². The van der Waals surface area contributed by atoms with Crippen molar-refractivity contribution < 1.29 is 22.6 Å². The minimum absolute atomic E-state index is 0. The second kappa shape index (κ2) is 10.1. The third-order valence-corrected chi connectivity index (χ3v) is 3.18. The van der Waals surface area contributed by atoms with Crippen LogP contribution in [0.5, 0.6) is 11.5 Å². The Morgan fingerprint density at radius 2 is 1.81 bits per heavy atom. The second-order valence-electron chi connectivity index (χ2n) is 5.07. The van der Waals surface area contributed by atoms with Gasteiger partial charge in [-0.1, -0.05) is 12.1 Å². The first-order valence-corrected chi connectivity index (χ1v) is 7.41. The summed E-state index contributed by atoms with van der Waals surface area (Å²) in [6.07, 6.45) is -4.03. The van der Waals surface area contributed by atoms with Gasteiger partial charge >= 0.3 is 6.36 Å². The summed E-state index contributed by atoms with van der Waals surface area (Å²) >= 11 is 0. The van der Waals surface area contributed by atoms with Gasteiger partial charge in [0.1, 0.15) is 11.5 Å². The van der Waals surface area contributed by atoms with Gasteiger partial charge in [0.2, 0.25) is 0 Å². The van der Waals surface area contributed by atoms with Crippen molar-refractivity contribution >= 4 is 35.6 Å². The lowest BCUT2D eigenvalue weighted by Gasteiger charge is -2.10. The third kappa shape index (κ3) is 7.81. The first-order valence-electron chi connectivity index (χ1n) is 7.41. The summed E-state index contributed by atoms with van der Waals surface area (Å²) in [7, 11) is 1.60. The van der Waals surface area contributed by atoms with E-state index < -0.39 is 6.36 Å². The van der Waals surface area contributed by atoms with Gasteiger partial charge < -0.3 is 20.5 Å². The molecule has 0 saturated heterocycles. The Labute approximate surface area is 166 Å². The number of guanidine groups is 1. The summed E-state index contributed by atoms with van der Waals surface area (Å²) in [4.78, 5) is 4.18. The van der Waals surface area contributed by atoms with Crippen molar-refractivity contribution in [2.75, 3.05) is 19.0 Å². The molecule has 0 saturated carbocycles. The number of methoxy groups -OCH3 is 1. The molecule has 0 heterocycles. The van der Waals surface area contributed by atoms with Gasteiger partial charge in [0.15, 0.2) is 5.96 Å². The third-order valence-electron chi connectivity index (χ3n) is 3.18. The van der Waals surface area contributed by atoms with Gasteiger partial charge in [0.25, 0.3) is 0 Å². The maximum absolute atomic E-state index is 12.1. The standard InChI is InChI=1S/C17H18F3N3O2.HI/c1-24-15-4-2-3-12(11-15)9-10-22-16(21)23-13-5-7-14(8-6-13)25-17(18,19)20;/h2-8,11H,9-10H2,1H3,(H3,21,22,23);1H. The zero-order valence-electron chi connectivity index (χ0n) is 13.9. The fourth-order valence-electron chi connectivity index (χ4n) is 2.06. The zero-order valence-corrected chi connectivity index (χ0v) is 16.2. The summed E-state index contributed by atoms with van der Waals surface area (Å²) < 4.78 is 45.2. The molecule has 26 heavy (non-hydrogen) atoms. The van der Waals surface area contributed by atoms with Crippen LogP contribution in [0.2, 0.25) is 0 Å². The van der Waals surface area contributed by atoms with Crippen LogP contribution in [-0.2, 0) is 6.42 Å². The van der Waals surface area contributed by atoms with Crippen LogP contribution < -0.4 is 20.5 Å². The Morgan fingerprint density at radius 3 is 2.42 bits per heavy atom. The minimum atomic E-state index is -4.71. The molecule has 0 radical (unpaired) electrons. The highest BCUT2D eigenvalue weighted by Gasteiger charge is 2.30. The van der Waals surface area contributed by atoms with Gasteiger partial charge in [-0.25, -0.2) is 0 Å². The van der Waals surface area contributed by atoms with Gasteiger partial charge in [0.05, 0.1) is 7.11 Å². The molecule has 0 aliphatic carbocycles. The molecule has 0 aliphatic rings. The van der Waals surface area contributed by atoms with E-state index in [1.165, 1.54) is 24.3 Å². The highest BCUT2D eigenvalue weighted by molar-refractivity contribution is 14.0. The number of ether oxygens (including phenoxy) is 2. The topological polar surface area (TPSA) is 68.9 Å². The van der Waals surface area contributed by atoms with E-state index in [4.69, 9.17) is 10.5 Å². The van der Waals surface area contributed by atoms with E-state index in [0.29, 0.717) is 18.7 Å². The molecule has 5 nitrogen and oxygen atoms in total. The number of halogens is 4. The number of nitrogens with zero attached hydrogens (tertiary/aromatic N) is 1. The maximum Gasteiger partial charge on any atom is 0.573 e.